The van der Waals surface area contributed by atoms with Gasteiger partial charge in [-0.15, -0.1) is 0 Å². The van der Waals surface area contributed by atoms with Gasteiger partial charge >= 0.3 is 0 Å². The summed E-state index contributed by atoms with van der Waals surface area (Å²) in [6.45, 7) is 6.26. The van der Waals surface area contributed by atoms with Crippen molar-refractivity contribution in [3.63, 3.8) is 0 Å². The number of carbonyl (C=O) groups excluding carboxylic acids is 1. The standard InChI is InChI=1S/C16H23N5O3S/c1-12(2)11-21-8-5-15(18-21)19-25(23,24)13-9-14(17-10-13)16(22)20-6-3-4-7-20/h5,8-10,12,17H,3-4,6-7,11H2,1-2H3,(H,18,19). The Morgan fingerprint density at radius 2 is 2.08 bits per heavy atom. The predicted octanol–water partition coefficient (Wildman–Crippen LogP) is 1.90. The lowest BCUT2D eigenvalue weighted by atomic mass is 10.2. The van der Waals surface area contributed by atoms with Gasteiger partial charge in [0.2, 0.25) is 0 Å². The number of anilines is 1. The molecule has 3 heterocycles. The normalized spacial score (nSPS) is 15.1. The van der Waals surface area contributed by atoms with E-state index in [2.05, 4.69) is 28.7 Å². The summed E-state index contributed by atoms with van der Waals surface area (Å²) in [7, 11) is -3.79. The van der Waals surface area contributed by atoms with Crippen LogP contribution >= 0.6 is 0 Å². The van der Waals surface area contributed by atoms with Crippen LogP contribution in [0.4, 0.5) is 5.82 Å². The van der Waals surface area contributed by atoms with Gasteiger partial charge in [-0.2, -0.15) is 5.10 Å². The second-order valence-corrected chi connectivity index (χ2v) is 8.35. The van der Waals surface area contributed by atoms with Crippen LogP contribution in [0.25, 0.3) is 0 Å². The maximum Gasteiger partial charge on any atom is 0.270 e. The quantitative estimate of drug-likeness (QED) is 0.816. The van der Waals surface area contributed by atoms with E-state index in [4.69, 9.17) is 0 Å². The molecule has 3 rings (SSSR count). The summed E-state index contributed by atoms with van der Waals surface area (Å²) in [5, 5.41) is 4.21. The number of amides is 1. The topological polar surface area (TPSA) is 100 Å². The van der Waals surface area contributed by atoms with Gasteiger partial charge in [0.1, 0.15) is 10.6 Å². The van der Waals surface area contributed by atoms with E-state index < -0.39 is 10.0 Å². The molecule has 0 aliphatic carbocycles. The maximum absolute atomic E-state index is 12.5. The van der Waals surface area contributed by atoms with Crippen LogP contribution < -0.4 is 4.72 Å². The molecule has 9 heteroatoms. The third kappa shape index (κ3) is 4.04. The molecule has 0 unspecified atom stereocenters. The highest BCUT2D eigenvalue weighted by Gasteiger charge is 2.24. The SMILES string of the molecule is CC(C)Cn1ccc(NS(=O)(=O)c2c[nH]c(C(=O)N3CCCC3)c2)n1. The summed E-state index contributed by atoms with van der Waals surface area (Å²) >= 11 is 0. The van der Waals surface area contributed by atoms with E-state index in [1.807, 2.05) is 0 Å². The van der Waals surface area contributed by atoms with Crippen molar-refractivity contribution in [1.82, 2.24) is 19.7 Å². The van der Waals surface area contributed by atoms with E-state index in [0.717, 1.165) is 12.8 Å². The van der Waals surface area contributed by atoms with Crippen molar-refractivity contribution in [1.29, 1.82) is 0 Å². The number of H-pyrrole nitrogens is 1. The predicted molar refractivity (Wildman–Crippen MR) is 93.8 cm³/mol. The van der Waals surface area contributed by atoms with E-state index in [1.54, 1.807) is 21.8 Å². The smallest absolute Gasteiger partial charge is 0.270 e. The molecule has 0 spiro atoms. The van der Waals surface area contributed by atoms with Crippen LogP contribution in [0.15, 0.2) is 29.4 Å². The highest BCUT2D eigenvalue weighted by molar-refractivity contribution is 7.92. The van der Waals surface area contributed by atoms with Gasteiger partial charge in [-0.1, -0.05) is 13.8 Å². The minimum absolute atomic E-state index is 0.0217. The lowest BCUT2D eigenvalue weighted by molar-refractivity contribution is 0.0787. The fourth-order valence-electron chi connectivity index (χ4n) is 2.83. The number of hydrogen-bond acceptors (Lipinski definition) is 4. The Morgan fingerprint density at radius 3 is 2.76 bits per heavy atom. The van der Waals surface area contributed by atoms with Crippen LogP contribution in [-0.2, 0) is 16.6 Å². The van der Waals surface area contributed by atoms with Gasteiger partial charge in [0, 0.05) is 38.1 Å². The van der Waals surface area contributed by atoms with Gasteiger partial charge in [-0.3, -0.25) is 14.2 Å². The second-order valence-electron chi connectivity index (χ2n) is 6.67. The molecule has 0 atom stereocenters. The highest BCUT2D eigenvalue weighted by Crippen LogP contribution is 2.18. The van der Waals surface area contributed by atoms with Gasteiger partial charge in [0.25, 0.3) is 15.9 Å². The minimum Gasteiger partial charge on any atom is -0.356 e. The van der Waals surface area contributed by atoms with Gasteiger partial charge in [0.15, 0.2) is 5.82 Å². The molecule has 1 saturated heterocycles. The highest BCUT2D eigenvalue weighted by atomic mass is 32.2. The molecule has 136 valence electrons. The third-order valence-electron chi connectivity index (χ3n) is 4.02. The molecule has 0 saturated carbocycles. The number of sulfonamides is 1. The molecule has 2 aromatic rings. The fraction of sp³-hybridized carbons (Fsp3) is 0.500. The Kier molecular flexibility index (Phi) is 4.85. The van der Waals surface area contributed by atoms with Crippen LogP contribution in [0, 0.1) is 5.92 Å². The fourth-order valence-corrected chi connectivity index (χ4v) is 3.82. The van der Waals surface area contributed by atoms with Crippen molar-refractivity contribution >= 4 is 21.7 Å². The van der Waals surface area contributed by atoms with Crippen molar-refractivity contribution in [3.8, 4) is 0 Å². The molecule has 0 radical (unpaired) electrons. The molecule has 1 amide bonds. The molecule has 0 bridgehead atoms. The minimum atomic E-state index is -3.79. The molecule has 2 N–H and O–H groups in total. The first-order chi connectivity index (χ1) is 11.8. The summed E-state index contributed by atoms with van der Waals surface area (Å²) in [4.78, 5) is 16.8. The van der Waals surface area contributed by atoms with Gasteiger partial charge in [-0.25, -0.2) is 8.42 Å². The second kappa shape index (κ2) is 6.91. The van der Waals surface area contributed by atoms with E-state index in [9.17, 15) is 13.2 Å². The average Bonchev–Trinajstić information content (AvgIpc) is 3.27. The lowest BCUT2D eigenvalue weighted by Crippen LogP contribution is -2.27. The Hall–Kier alpha value is -2.29. The average molecular weight is 365 g/mol. The molecular formula is C16H23N5O3S. The van der Waals surface area contributed by atoms with E-state index in [1.165, 1.54) is 12.3 Å². The molecule has 1 fully saturated rings. The van der Waals surface area contributed by atoms with Crippen molar-refractivity contribution < 1.29 is 13.2 Å². The first-order valence-corrected chi connectivity index (χ1v) is 9.87. The third-order valence-corrected chi connectivity index (χ3v) is 5.36. The first-order valence-electron chi connectivity index (χ1n) is 8.39. The molecule has 8 nitrogen and oxygen atoms in total. The van der Waals surface area contributed by atoms with Gasteiger partial charge in [0.05, 0.1) is 0 Å². The van der Waals surface area contributed by atoms with Crippen molar-refractivity contribution in [3.05, 3.63) is 30.2 Å². The molecule has 1 aliphatic rings. The zero-order chi connectivity index (χ0) is 18.0. The molecule has 25 heavy (non-hydrogen) atoms. The number of nitrogens with zero attached hydrogens (tertiary/aromatic N) is 3. The Labute approximate surface area is 147 Å². The zero-order valence-corrected chi connectivity index (χ0v) is 15.2. The molecule has 0 aromatic carbocycles. The van der Waals surface area contributed by atoms with Gasteiger partial charge < -0.3 is 9.88 Å². The van der Waals surface area contributed by atoms with Crippen molar-refractivity contribution in [2.45, 2.75) is 38.1 Å². The lowest BCUT2D eigenvalue weighted by Gasteiger charge is -2.13. The number of nitrogens with one attached hydrogen (secondary N) is 2. The number of rotatable bonds is 6. The van der Waals surface area contributed by atoms with Crippen LogP contribution in [-0.4, -0.2) is 47.1 Å². The molecular weight excluding hydrogens is 342 g/mol. The zero-order valence-electron chi connectivity index (χ0n) is 14.4. The summed E-state index contributed by atoms with van der Waals surface area (Å²) in [5.74, 6) is 0.502. The molecule has 1 aliphatic heterocycles. The summed E-state index contributed by atoms with van der Waals surface area (Å²) in [6.07, 6.45) is 5.03. The number of aromatic nitrogens is 3. The monoisotopic (exact) mass is 365 g/mol. The largest absolute Gasteiger partial charge is 0.356 e. The number of carbonyl (C=O) groups is 1. The van der Waals surface area contributed by atoms with E-state index in [0.29, 0.717) is 25.6 Å². The summed E-state index contributed by atoms with van der Waals surface area (Å²) in [5.41, 5.74) is 0.285. The maximum atomic E-state index is 12.5. The number of likely N-dealkylation sites (tertiary alicyclic amines) is 1. The van der Waals surface area contributed by atoms with Crippen LogP contribution in [0.5, 0.6) is 0 Å². The van der Waals surface area contributed by atoms with Crippen molar-refractivity contribution in [2.75, 3.05) is 17.8 Å². The Morgan fingerprint density at radius 1 is 1.36 bits per heavy atom. The van der Waals surface area contributed by atoms with Crippen LogP contribution in [0.2, 0.25) is 0 Å². The molecule has 2 aromatic heterocycles. The van der Waals surface area contributed by atoms with Crippen LogP contribution in [0.1, 0.15) is 37.2 Å². The Balaban J connectivity index is 1.72. The number of aromatic amines is 1. The van der Waals surface area contributed by atoms with Crippen molar-refractivity contribution in [2.24, 2.45) is 5.92 Å². The summed E-state index contributed by atoms with van der Waals surface area (Å²) in [6, 6.07) is 2.98. The summed E-state index contributed by atoms with van der Waals surface area (Å²) < 4.78 is 29.1. The Bertz CT molecular complexity index is 847. The van der Waals surface area contributed by atoms with E-state index in [-0.39, 0.29) is 22.3 Å². The van der Waals surface area contributed by atoms with Gasteiger partial charge in [-0.05, 0) is 24.8 Å². The number of hydrogen-bond donors (Lipinski definition) is 2. The first kappa shape index (κ1) is 17.5. The van der Waals surface area contributed by atoms with E-state index >= 15 is 0 Å². The van der Waals surface area contributed by atoms with Crippen LogP contribution in [0.3, 0.4) is 0 Å².